The van der Waals surface area contributed by atoms with Crippen molar-refractivity contribution in [1.29, 1.82) is 0 Å². The van der Waals surface area contributed by atoms with Gasteiger partial charge in [-0.2, -0.15) is 0 Å². The minimum Gasteiger partial charge on any atom is -0.462 e. The van der Waals surface area contributed by atoms with Gasteiger partial charge in [0.15, 0.2) is 0 Å². The predicted molar refractivity (Wildman–Crippen MR) is 175 cm³/mol. The van der Waals surface area contributed by atoms with Gasteiger partial charge in [0.2, 0.25) is 0 Å². The fourth-order valence-electron chi connectivity index (χ4n) is 4.95. The van der Waals surface area contributed by atoms with Crippen molar-refractivity contribution >= 4 is 27.9 Å². The second kappa shape index (κ2) is 32.9. The van der Waals surface area contributed by atoms with Gasteiger partial charge in [0.25, 0.3) is 0 Å². The average molecular weight is 637 g/mol. The maximum absolute atomic E-state index is 12.5. The summed E-state index contributed by atoms with van der Waals surface area (Å²) in [5.74, 6) is -1.75. The Morgan fingerprint density at radius 1 is 0.550 bits per heavy atom. The molecule has 5 heteroatoms. The second-order valence-electron chi connectivity index (χ2n) is 11.5. The Hall–Kier alpha value is -0.580. The summed E-state index contributed by atoms with van der Waals surface area (Å²) in [6.07, 6.45) is 26.8. The molecule has 0 radical (unpaired) electrons. The molecule has 0 rings (SSSR count). The first-order valence-corrected chi connectivity index (χ1v) is 17.8. The van der Waals surface area contributed by atoms with E-state index in [1.54, 1.807) is 0 Å². The van der Waals surface area contributed by atoms with Gasteiger partial charge >= 0.3 is 11.9 Å². The molecule has 0 fully saturated rings. The molecule has 0 aromatic carbocycles. The molecule has 0 saturated heterocycles. The van der Waals surface area contributed by atoms with Crippen molar-refractivity contribution in [2.75, 3.05) is 11.8 Å². The SMILES string of the molecule is [2H]C([2H])(Br)C([2H])(OC(=O)CCCCCCCCCCCCCCC)C([2H])([2H])OC(=O)CCCCCCCCCCCCCCC. The molecule has 238 valence electrons. The number of hydrogen-bond donors (Lipinski definition) is 0. The molecule has 4 nitrogen and oxygen atoms in total. The number of halogens is 1. The van der Waals surface area contributed by atoms with Crippen LogP contribution < -0.4 is 0 Å². The highest BCUT2D eigenvalue weighted by Gasteiger charge is 2.15. The van der Waals surface area contributed by atoms with Crippen LogP contribution in [0.5, 0.6) is 0 Å². The third-order valence-electron chi connectivity index (χ3n) is 7.53. The fourth-order valence-corrected chi connectivity index (χ4v) is 5.11. The Balaban J connectivity index is 4.24. The lowest BCUT2D eigenvalue weighted by atomic mass is 10.0. The van der Waals surface area contributed by atoms with Crippen LogP contribution in [0.2, 0.25) is 0 Å². The number of esters is 2. The van der Waals surface area contributed by atoms with Crippen LogP contribution >= 0.6 is 15.9 Å². The molecular formula is C35H67BrO4. The molecular weight excluding hydrogens is 564 g/mol. The van der Waals surface area contributed by atoms with Gasteiger partial charge in [-0.05, 0) is 12.8 Å². The summed E-state index contributed by atoms with van der Waals surface area (Å²) in [6.45, 7) is 1.28. The van der Waals surface area contributed by atoms with Gasteiger partial charge in [-0.25, -0.2) is 0 Å². The Morgan fingerprint density at radius 3 is 1.18 bits per heavy atom. The Labute approximate surface area is 265 Å². The molecule has 1 atom stereocenters. The van der Waals surface area contributed by atoms with E-state index in [1.807, 2.05) is 0 Å². The average Bonchev–Trinajstić information content (AvgIpc) is 2.97. The molecule has 0 bridgehead atoms. The van der Waals surface area contributed by atoms with E-state index in [0.29, 0.717) is 12.8 Å². The summed E-state index contributed by atoms with van der Waals surface area (Å²) >= 11 is 2.65. The maximum atomic E-state index is 12.5. The smallest absolute Gasteiger partial charge is 0.306 e. The highest BCUT2D eigenvalue weighted by molar-refractivity contribution is 9.09. The van der Waals surface area contributed by atoms with Crippen LogP contribution in [0.1, 0.15) is 200 Å². The first-order valence-electron chi connectivity index (χ1n) is 19.5. The number of hydrogen-bond acceptors (Lipinski definition) is 4. The van der Waals surface area contributed by atoms with Crippen LogP contribution in [0.15, 0.2) is 0 Å². The van der Waals surface area contributed by atoms with Crippen molar-refractivity contribution in [1.82, 2.24) is 0 Å². The minimum absolute atomic E-state index is 0.0362. The maximum Gasteiger partial charge on any atom is 0.306 e. The van der Waals surface area contributed by atoms with E-state index in [9.17, 15) is 9.59 Å². The van der Waals surface area contributed by atoms with Crippen LogP contribution in [-0.2, 0) is 19.1 Å². The molecule has 0 aliphatic rings. The van der Waals surface area contributed by atoms with Gasteiger partial charge in [-0.15, -0.1) is 0 Å². The van der Waals surface area contributed by atoms with Crippen LogP contribution in [0.3, 0.4) is 0 Å². The lowest BCUT2D eigenvalue weighted by Gasteiger charge is -2.15. The molecule has 0 aromatic heterocycles. The molecule has 0 amide bonds. The highest BCUT2D eigenvalue weighted by Crippen LogP contribution is 2.15. The van der Waals surface area contributed by atoms with E-state index in [2.05, 4.69) is 29.8 Å². The molecule has 0 saturated carbocycles. The number of rotatable bonds is 32. The number of carbonyl (C=O) groups is 2. The molecule has 40 heavy (non-hydrogen) atoms. The summed E-state index contributed by atoms with van der Waals surface area (Å²) < 4.78 is 50.7. The Morgan fingerprint density at radius 2 is 0.850 bits per heavy atom. The van der Waals surface area contributed by atoms with E-state index in [1.165, 1.54) is 116 Å². The van der Waals surface area contributed by atoms with Gasteiger partial charge in [0, 0.05) is 20.9 Å². The van der Waals surface area contributed by atoms with Crippen LogP contribution in [-0.4, -0.2) is 29.9 Å². The lowest BCUT2D eigenvalue weighted by molar-refractivity contribution is -0.157. The van der Waals surface area contributed by atoms with E-state index in [0.717, 1.165) is 38.5 Å². The van der Waals surface area contributed by atoms with Gasteiger partial charge < -0.3 is 9.47 Å². The van der Waals surface area contributed by atoms with Crippen LogP contribution in [0.25, 0.3) is 0 Å². The van der Waals surface area contributed by atoms with Crippen LogP contribution in [0, 0.1) is 0 Å². The van der Waals surface area contributed by atoms with Crippen molar-refractivity contribution in [2.24, 2.45) is 0 Å². The largest absolute Gasteiger partial charge is 0.462 e. The van der Waals surface area contributed by atoms with Crippen LogP contribution in [0.4, 0.5) is 0 Å². The number of unbranched alkanes of at least 4 members (excludes halogenated alkanes) is 24. The zero-order valence-corrected chi connectivity index (χ0v) is 27.9. The van der Waals surface area contributed by atoms with Gasteiger partial charge in [-0.3, -0.25) is 9.59 Å². The third-order valence-corrected chi connectivity index (χ3v) is 7.89. The number of ether oxygens (including phenoxy) is 2. The van der Waals surface area contributed by atoms with Gasteiger partial charge in [0.05, 0.1) is 4.11 Å². The fraction of sp³-hybridized carbons (Fsp3) is 0.943. The van der Waals surface area contributed by atoms with Crippen molar-refractivity contribution in [3.8, 4) is 0 Å². The van der Waals surface area contributed by atoms with E-state index < -0.39 is 29.9 Å². The Kier molecular flexibility index (Phi) is 25.4. The molecule has 0 aliphatic carbocycles. The Bertz CT molecular complexity index is 735. The first kappa shape index (κ1) is 30.9. The summed E-state index contributed by atoms with van der Waals surface area (Å²) in [5, 5.41) is -2.79. The predicted octanol–water partition coefficient (Wildman–Crippen LogP) is 11.8. The molecule has 0 spiro atoms. The van der Waals surface area contributed by atoms with Crippen molar-refractivity contribution < 1.29 is 25.9 Å². The molecule has 0 aliphatic heterocycles. The summed E-state index contributed by atoms with van der Waals surface area (Å²) in [6, 6.07) is 0. The molecule has 0 N–H and O–H groups in total. The summed E-state index contributed by atoms with van der Waals surface area (Å²) in [4.78, 5) is 24.9. The van der Waals surface area contributed by atoms with E-state index in [-0.39, 0.29) is 12.8 Å². The zero-order valence-electron chi connectivity index (χ0n) is 31.3. The van der Waals surface area contributed by atoms with Crippen molar-refractivity contribution in [3.05, 3.63) is 0 Å². The van der Waals surface area contributed by atoms with Gasteiger partial charge in [-0.1, -0.05) is 184 Å². The van der Waals surface area contributed by atoms with Crippen molar-refractivity contribution in [3.63, 3.8) is 0 Å². The normalized spacial score (nSPS) is 15.3. The van der Waals surface area contributed by atoms with Gasteiger partial charge in [0.1, 0.15) is 12.6 Å². The second-order valence-corrected chi connectivity index (χ2v) is 11.9. The third kappa shape index (κ3) is 30.4. The molecule has 1 unspecified atom stereocenters. The number of alkyl halides is 1. The van der Waals surface area contributed by atoms with E-state index in [4.69, 9.17) is 16.3 Å². The quantitative estimate of drug-likeness (QED) is 0.0419. The zero-order chi connectivity index (χ0) is 33.9. The van der Waals surface area contributed by atoms with E-state index >= 15 is 0 Å². The summed E-state index contributed by atoms with van der Waals surface area (Å²) in [7, 11) is 0. The monoisotopic (exact) mass is 635 g/mol. The number of carbonyl (C=O) groups excluding carboxylic acids is 2. The minimum atomic E-state index is -3.18. The lowest BCUT2D eigenvalue weighted by Crippen LogP contribution is -2.26. The molecule has 0 aromatic rings. The van der Waals surface area contributed by atoms with Crippen molar-refractivity contribution in [2.45, 2.75) is 200 Å². The molecule has 0 heterocycles. The summed E-state index contributed by atoms with van der Waals surface area (Å²) in [5.41, 5.74) is 0. The standard InChI is InChI=1S/C35H67BrO4/c1-3-5-7-9-11-13-15-17-19-21-23-25-27-29-34(37)39-32-33(31-36)40-35(38)30-28-26-24-22-20-18-16-14-12-10-8-6-4-2/h33H,3-32H2,1-2H3/i31D2,32D2,33D. The highest BCUT2D eigenvalue weighted by atomic mass is 79.9. The first-order chi connectivity index (χ1) is 21.4. The topological polar surface area (TPSA) is 52.6 Å².